The van der Waals surface area contributed by atoms with Crippen LogP contribution in [-0.4, -0.2) is 19.7 Å². The van der Waals surface area contributed by atoms with Gasteiger partial charge in [-0.15, -0.1) is 0 Å². The number of hydrogen-bond acceptors (Lipinski definition) is 3. The highest BCUT2D eigenvalue weighted by Crippen LogP contribution is 2.22. The molecule has 0 saturated heterocycles. The molecule has 0 N–H and O–H groups in total. The van der Waals surface area contributed by atoms with E-state index in [2.05, 4.69) is 0 Å². The van der Waals surface area contributed by atoms with Gasteiger partial charge in [0.25, 0.3) is 0 Å². The molecule has 0 aromatic heterocycles. The van der Waals surface area contributed by atoms with Gasteiger partial charge in [-0.25, -0.2) is 4.79 Å². The van der Waals surface area contributed by atoms with Crippen LogP contribution in [-0.2, 0) is 14.3 Å². The molecule has 0 spiro atoms. The van der Waals surface area contributed by atoms with Crippen LogP contribution < -0.4 is 0 Å². The van der Waals surface area contributed by atoms with Crippen LogP contribution in [0.1, 0.15) is 5.56 Å². The van der Waals surface area contributed by atoms with Crippen LogP contribution >= 0.6 is 0 Å². The van der Waals surface area contributed by atoms with Crippen LogP contribution in [0, 0.1) is 0 Å². The molecule has 3 heteroatoms. The molecule has 0 atom stereocenters. The van der Waals surface area contributed by atoms with Crippen molar-refractivity contribution in [3.63, 3.8) is 0 Å². The highest BCUT2D eigenvalue weighted by Gasteiger charge is 2.19. The third kappa shape index (κ3) is 2.38. The smallest absolute Gasteiger partial charge is 0.336 e. The first-order valence-electron chi connectivity index (χ1n) is 4.98. The Balaban J connectivity index is 2.25. The molecule has 1 aromatic rings. The molecule has 1 aliphatic heterocycles. The van der Waals surface area contributed by atoms with E-state index in [1.165, 1.54) is 6.08 Å². The van der Waals surface area contributed by atoms with E-state index in [-0.39, 0.29) is 5.97 Å². The van der Waals surface area contributed by atoms with Gasteiger partial charge in [0.1, 0.15) is 5.76 Å². The molecule has 1 aliphatic rings. The lowest BCUT2D eigenvalue weighted by Gasteiger charge is -2.03. The number of hydrogen-bond donors (Lipinski definition) is 0. The minimum atomic E-state index is -0.339. The summed E-state index contributed by atoms with van der Waals surface area (Å²) in [5, 5.41) is 0. The van der Waals surface area contributed by atoms with Crippen molar-refractivity contribution < 1.29 is 14.3 Å². The first-order chi connectivity index (χ1) is 7.79. The second-order valence-electron chi connectivity index (χ2n) is 3.44. The molecular weight excluding hydrogens is 204 g/mol. The summed E-state index contributed by atoms with van der Waals surface area (Å²) in [5.41, 5.74) is 1.77. The molecule has 2 rings (SSSR count). The average Bonchev–Trinajstić information content (AvgIpc) is 2.61. The van der Waals surface area contributed by atoms with Crippen LogP contribution in [0.15, 0.2) is 47.7 Å². The SMILES string of the molecule is COCC1=CC(=O)O/C1=C/c1ccccc1. The van der Waals surface area contributed by atoms with Crippen molar-refractivity contribution in [2.45, 2.75) is 0 Å². The number of carbonyl (C=O) groups excluding carboxylic acids is 1. The maximum atomic E-state index is 11.1. The minimum absolute atomic E-state index is 0.339. The standard InChI is InChI=1S/C13H12O3/c1-15-9-11-8-13(14)16-12(11)7-10-5-3-2-4-6-10/h2-8H,9H2,1H3/b12-7+. The number of esters is 1. The van der Waals surface area contributed by atoms with Crippen LogP contribution in [0.25, 0.3) is 6.08 Å². The second kappa shape index (κ2) is 4.77. The third-order valence-corrected chi connectivity index (χ3v) is 2.22. The lowest BCUT2D eigenvalue weighted by Crippen LogP contribution is -1.95. The number of rotatable bonds is 3. The van der Waals surface area contributed by atoms with Gasteiger partial charge in [0.2, 0.25) is 0 Å². The molecule has 3 nitrogen and oxygen atoms in total. The summed E-state index contributed by atoms with van der Waals surface area (Å²) in [6.45, 7) is 0.379. The molecule has 0 amide bonds. The predicted octanol–water partition coefficient (Wildman–Crippen LogP) is 2.16. The molecule has 1 aromatic carbocycles. The normalized spacial score (nSPS) is 17.4. The molecule has 0 saturated carbocycles. The Morgan fingerprint density at radius 1 is 1.31 bits per heavy atom. The topological polar surface area (TPSA) is 35.5 Å². The lowest BCUT2D eigenvalue weighted by atomic mass is 10.1. The Morgan fingerprint density at radius 2 is 2.06 bits per heavy atom. The molecule has 16 heavy (non-hydrogen) atoms. The Morgan fingerprint density at radius 3 is 2.75 bits per heavy atom. The number of cyclic esters (lactones) is 1. The highest BCUT2D eigenvalue weighted by atomic mass is 16.5. The summed E-state index contributed by atoms with van der Waals surface area (Å²) < 4.78 is 10.1. The van der Waals surface area contributed by atoms with Crippen molar-refractivity contribution >= 4 is 12.0 Å². The Labute approximate surface area is 94.0 Å². The zero-order valence-corrected chi connectivity index (χ0v) is 8.97. The largest absolute Gasteiger partial charge is 0.423 e. The predicted molar refractivity (Wildman–Crippen MR) is 60.5 cm³/mol. The fourth-order valence-electron chi connectivity index (χ4n) is 1.51. The zero-order chi connectivity index (χ0) is 11.4. The van der Waals surface area contributed by atoms with Crippen LogP contribution in [0.4, 0.5) is 0 Å². The van der Waals surface area contributed by atoms with Crippen molar-refractivity contribution in [3.8, 4) is 0 Å². The summed E-state index contributed by atoms with van der Waals surface area (Å²) in [4.78, 5) is 11.1. The summed E-state index contributed by atoms with van der Waals surface area (Å²) in [5.74, 6) is 0.229. The molecule has 1 heterocycles. The fourth-order valence-corrected chi connectivity index (χ4v) is 1.51. The van der Waals surface area contributed by atoms with Gasteiger partial charge in [0.15, 0.2) is 0 Å². The van der Waals surface area contributed by atoms with Gasteiger partial charge in [0.05, 0.1) is 6.61 Å². The molecule has 0 fully saturated rings. The second-order valence-corrected chi connectivity index (χ2v) is 3.44. The molecular formula is C13H12O3. The van der Waals surface area contributed by atoms with E-state index in [9.17, 15) is 4.79 Å². The van der Waals surface area contributed by atoms with E-state index in [0.29, 0.717) is 12.4 Å². The first kappa shape index (κ1) is 10.6. The van der Waals surface area contributed by atoms with Gasteiger partial charge in [-0.05, 0) is 11.6 Å². The van der Waals surface area contributed by atoms with Crippen molar-refractivity contribution in [1.29, 1.82) is 0 Å². The lowest BCUT2D eigenvalue weighted by molar-refractivity contribution is -0.132. The Hall–Kier alpha value is -1.87. The molecule has 0 bridgehead atoms. The van der Waals surface area contributed by atoms with Crippen molar-refractivity contribution in [1.82, 2.24) is 0 Å². The minimum Gasteiger partial charge on any atom is -0.423 e. The van der Waals surface area contributed by atoms with Crippen molar-refractivity contribution in [3.05, 3.63) is 53.3 Å². The molecule has 0 radical (unpaired) electrons. The van der Waals surface area contributed by atoms with Crippen LogP contribution in [0.3, 0.4) is 0 Å². The van der Waals surface area contributed by atoms with Crippen LogP contribution in [0.2, 0.25) is 0 Å². The number of ether oxygens (including phenoxy) is 2. The average molecular weight is 216 g/mol. The van der Waals surface area contributed by atoms with E-state index in [4.69, 9.17) is 9.47 Å². The monoisotopic (exact) mass is 216 g/mol. The van der Waals surface area contributed by atoms with Gasteiger partial charge in [-0.2, -0.15) is 0 Å². The van der Waals surface area contributed by atoms with Gasteiger partial charge in [0, 0.05) is 18.8 Å². The zero-order valence-electron chi connectivity index (χ0n) is 8.97. The van der Waals surface area contributed by atoms with Gasteiger partial charge in [-0.1, -0.05) is 30.3 Å². The van der Waals surface area contributed by atoms with Gasteiger partial charge >= 0.3 is 5.97 Å². The maximum absolute atomic E-state index is 11.1. The summed E-state index contributed by atoms with van der Waals surface area (Å²) in [6, 6.07) is 9.70. The number of carbonyl (C=O) groups is 1. The number of methoxy groups -OCH3 is 1. The van der Waals surface area contributed by atoms with Gasteiger partial charge < -0.3 is 9.47 Å². The van der Waals surface area contributed by atoms with Crippen molar-refractivity contribution in [2.75, 3.05) is 13.7 Å². The first-order valence-corrected chi connectivity index (χ1v) is 4.98. The Bertz CT molecular complexity index is 444. The molecule has 82 valence electrons. The van der Waals surface area contributed by atoms with E-state index in [1.807, 2.05) is 36.4 Å². The Kier molecular flexibility index (Phi) is 3.17. The fraction of sp³-hybridized carbons (Fsp3) is 0.154. The maximum Gasteiger partial charge on any atom is 0.336 e. The third-order valence-electron chi connectivity index (χ3n) is 2.22. The molecule has 0 unspecified atom stereocenters. The van der Waals surface area contributed by atoms with Crippen LogP contribution in [0.5, 0.6) is 0 Å². The highest BCUT2D eigenvalue weighted by molar-refractivity contribution is 5.89. The van der Waals surface area contributed by atoms with E-state index in [0.717, 1.165) is 11.1 Å². The number of benzene rings is 1. The summed E-state index contributed by atoms with van der Waals surface area (Å²) >= 11 is 0. The quantitative estimate of drug-likeness (QED) is 0.726. The van der Waals surface area contributed by atoms with E-state index in [1.54, 1.807) is 7.11 Å². The summed E-state index contributed by atoms with van der Waals surface area (Å²) in [7, 11) is 1.59. The summed E-state index contributed by atoms with van der Waals surface area (Å²) in [6.07, 6.45) is 3.29. The van der Waals surface area contributed by atoms with E-state index < -0.39 is 0 Å². The van der Waals surface area contributed by atoms with Gasteiger partial charge in [-0.3, -0.25) is 0 Å². The molecule has 0 aliphatic carbocycles. The van der Waals surface area contributed by atoms with E-state index >= 15 is 0 Å². The van der Waals surface area contributed by atoms with Crippen molar-refractivity contribution in [2.24, 2.45) is 0 Å².